The lowest BCUT2D eigenvalue weighted by atomic mass is 9.88. The summed E-state index contributed by atoms with van der Waals surface area (Å²) in [6.07, 6.45) is 3.97. The summed E-state index contributed by atoms with van der Waals surface area (Å²) >= 11 is 0. The van der Waals surface area contributed by atoms with Gasteiger partial charge in [0.15, 0.2) is 0 Å². The highest BCUT2D eigenvalue weighted by atomic mass is 15.2. The molecule has 0 saturated heterocycles. The van der Waals surface area contributed by atoms with E-state index in [0.29, 0.717) is 0 Å². The van der Waals surface area contributed by atoms with Crippen molar-refractivity contribution in [2.24, 2.45) is 0 Å². The van der Waals surface area contributed by atoms with Crippen LogP contribution in [0.1, 0.15) is 31.9 Å². The van der Waals surface area contributed by atoms with Crippen LogP contribution in [0.4, 0.5) is 17.1 Å². The first-order chi connectivity index (χ1) is 33.8. The molecule has 11 aromatic rings. The molecule has 0 unspecified atom stereocenters. The summed E-state index contributed by atoms with van der Waals surface area (Å²) in [6.45, 7) is 8.93. The van der Waals surface area contributed by atoms with Crippen LogP contribution >= 0.6 is 0 Å². The molecule has 0 aliphatic carbocycles. The van der Waals surface area contributed by atoms with Crippen LogP contribution in [-0.4, -0.2) is 14.5 Å². The summed E-state index contributed by atoms with van der Waals surface area (Å²) in [7, 11) is 0. The molecule has 8 aromatic carbocycles. The van der Waals surface area contributed by atoms with Gasteiger partial charge in [0.05, 0.1) is 22.6 Å². The van der Waals surface area contributed by atoms with Crippen molar-refractivity contribution < 1.29 is 0 Å². The van der Waals surface area contributed by atoms with E-state index in [0.717, 1.165) is 101 Å². The van der Waals surface area contributed by atoms with Gasteiger partial charge < -0.3 is 4.90 Å². The van der Waals surface area contributed by atoms with Crippen molar-refractivity contribution in [2.75, 3.05) is 4.90 Å². The molecule has 0 fully saturated rings. The number of para-hydroxylation sites is 1. The number of aromatic nitrogens is 3. The lowest BCUT2D eigenvalue weighted by Gasteiger charge is -2.29. The van der Waals surface area contributed by atoms with Crippen molar-refractivity contribution in [3.8, 4) is 72.8 Å². The summed E-state index contributed by atoms with van der Waals surface area (Å²) in [5, 5.41) is 1.14. The van der Waals surface area contributed by atoms with Crippen molar-refractivity contribution in [2.45, 2.75) is 33.1 Å². The molecule has 69 heavy (non-hydrogen) atoms. The zero-order chi connectivity index (χ0) is 46.9. The number of benzene rings is 8. The zero-order valence-corrected chi connectivity index (χ0v) is 39.4. The maximum absolute atomic E-state index is 5.18. The predicted molar refractivity (Wildman–Crippen MR) is 290 cm³/mol. The van der Waals surface area contributed by atoms with Crippen LogP contribution in [0.2, 0.25) is 0 Å². The minimum Gasteiger partial charge on any atom is -0.310 e. The monoisotopic (exact) mass is 888 g/mol. The second kappa shape index (κ2) is 18.2. The lowest BCUT2D eigenvalue weighted by Crippen LogP contribution is -2.13. The molecule has 0 saturated carbocycles. The van der Waals surface area contributed by atoms with Crippen LogP contribution in [0, 0.1) is 6.92 Å². The third-order valence-electron chi connectivity index (χ3n) is 13.2. The van der Waals surface area contributed by atoms with Gasteiger partial charge in [-0.1, -0.05) is 197 Å². The second-order valence-electron chi connectivity index (χ2n) is 18.7. The molecule has 4 heteroatoms. The molecular formula is C65H52N4. The van der Waals surface area contributed by atoms with E-state index in [4.69, 9.17) is 9.97 Å². The highest BCUT2D eigenvalue weighted by Gasteiger charge is 2.26. The first-order valence-electron chi connectivity index (χ1n) is 23.7. The molecule has 0 aliphatic rings. The molecule has 0 aliphatic heterocycles. The van der Waals surface area contributed by atoms with Crippen LogP contribution in [-0.2, 0) is 5.41 Å². The normalized spacial score (nSPS) is 11.5. The minimum absolute atomic E-state index is 0.0887. The van der Waals surface area contributed by atoms with Gasteiger partial charge in [-0.15, -0.1) is 0 Å². The van der Waals surface area contributed by atoms with Crippen molar-refractivity contribution in [1.82, 2.24) is 14.5 Å². The van der Waals surface area contributed by atoms with E-state index in [-0.39, 0.29) is 5.41 Å². The molecule has 0 radical (unpaired) electrons. The molecule has 0 spiro atoms. The fourth-order valence-electron chi connectivity index (χ4n) is 9.68. The largest absolute Gasteiger partial charge is 0.310 e. The van der Waals surface area contributed by atoms with Gasteiger partial charge in [0.25, 0.3) is 0 Å². The van der Waals surface area contributed by atoms with Crippen LogP contribution in [0.25, 0.3) is 83.7 Å². The number of hydrogen-bond acceptors (Lipinski definition) is 3. The van der Waals surface area contributed by atoms with Crippen molar-refractivity contribution >= 4 is 28.0 Å². The Balaban J connectivity index is 1.23. The summed E-state index contributed by atoms with van der Waals surface area (Å²) in [5.74, 6) is 0.870. The highest BCUT2D eigenvalue weighted by Crippen LogP contribution is 2.48. The highest BCUT2D eigenvalue weighted by molar-refractivity contribution is 6.07. The van der Waals surface area contributed by atoms with Crippen molar-refractivity contribution in [3.63, 3.8) is 0 Å². The van der Waals surface area contributed by atoms with Crippen LogP contribution in [0.5, 0.6) is 0 Å². The number of hydrogen-bond donors (Lipinski definition) is 0. The van der Waals surface area contributed by atoms with E-state index in [1.165, 1.54) is 11.1 Å². The Kier molecular flexibility index (Phi) is 11.4. The fraction of sp³-hybridized carbons (Fsp3) is 0.0769. The van der Waals surface area contributed by atoms with Crippen LogP contribution in [0.3, 0.4) is 0 Å². The number of aryl methyl sites for hydroxylation is 1. The quantitative estimate of drug-likeness (QED) is 0.137. The molecule has 4 nitrogen and oxygen atoms in total. The maximum atomic E-state index is 5.18. The maximum Gasteiger partial charge on any atom is 0.137 e. The fourth-order valence-corrected chi connectivity index (χ4v) is 9.68. The smallest absolute Gasteiger partial charge is 0.137 e. The van der Waals surface area contributed by atoms with Gasteiger partial charge in [0.1, 0.15) is 5.82 Å². The van der Waals surface area contributed by atoms with Gasteiger partial charge in [0.2, 0.25) is 0 Å². The number of fused-ring (bicyclic) bond motifs is 1. The first-order valence-corrected chi connectivity index (χ1v) is 23.7. The first kappa shape index (κ1) is 43.0. The summed E-state index contributed by atoms with van der Waals surface area (Å²) < 4.78 is 2.39. The summed E-state index contributed by atoms with van der Waals surface area (Å²) in [4.78, 5) is 12.7. The molecule has 332 valence electrons. The van der Waals surface area contributed by atoms with Crippen molar-refractivity contribution in [3.05, 3.63) is 254 Å². The predicted octanol–water partition coefficient (Wildman–Crippen LogP) is 17.5. The van der Waals surface area contributed by atoms with Gasteiger partial charge in [-0.25, -0.2) is 4.98 Å². The number of rotatable bonds is 10. The standard InChI is InChI=1S/C65H52N4/c1-45-44-67-59(43-58(45)48-26-14-7-15-27-48)52-38-51(46-22-10-5-11-23-46)39-55(40-52)68(60-33-21-20-32-56(60)47-24-12-6-13-25-47)54-34-35-57-61(42-54)69(62-41-53(36-37-66-62)65(2,3)4)64(50-30-18-9-19-31-50)63(57)49-28-16-8-17-29-49/h5-44H,1-4H3. The van der Waals surface area contributed by atoms with Gasteiger partial charge in [-0.3, -0.25) is 9.55 Å². The molecular weight excluding hydrogens is 837 g/mol. The van der Waals surface area contributed by atoms with E-state index >= 15 is 0 Å². The molecule has 3 aromatic heterocycles. The Morgan fingerprint density at radius 3 is 1.65 bits per heavy atom. The Morgan fingerprint density at radius 2 is 1.00 bits per heavy atom. The Hall–Kier alpha value is -8.60. The molecule has 0 atom stereocenters. The number of pyridine rings is 2. The number of anilines is 3. The van der Waals surface area contributed by atoms with E-state index in [1.54, 1.807) is 0 Å². The van der Waals surface area contributed by atoms with E-state index in [1.807, 2.05) is 12.4 Å². The summed E-state index contributed by atoms with van der Waals surface area (Å²) in [6, 6.07) is 82.9. The molecule has 0 bridgehead atoms. The Morgan fingerprint density at radius 1 is 0.435 bits per heavy atom. The average Bonchev–Trinajstić information content (AvgIpc) is 3.75. The molecule has 11 rings (SSSR count). The van der Waals surface area contributed by atoms with Crippen LogP contribution < -0.4 is 4.90 Å². The van der Waals surface area contributed by atoms with Crippen molar-refractivity contribution in [1.29, 1.82) is 0 Å². The van der Waals surface area contributed by atoms with Gasteiger partial charge in [0, 0.05) is 45.8 Å². The minimum atomic E-state index is -0.0887. The average molecular weight is 889 g/mol. The molecule has 0 N–H and O–H groups in total. The third kappa shape index (κ3) is 8.43. The lowest BCUT2D eigenvalue weighted by molar-refractivity contribution is 0.588. The zero-order valence-electron chi connectivity index (χ0n) is 39.4. The van der Waals surface area contributed by atoms with Gasteiger partial charge in [-0.05, 0) is 117 Å². The van der Waals surface area contributed by atoms with E-state index in [2.05, 4.69) is 268 Å². The topological polar surface area (TPSA) is 34.0 Å². The van der Waals surface area contributed by atoms with E-state index < -0.39 is 0 Å². The number of nitrogens with zero attached hydrogens (tertiary/aromatic N) is 4. The Bertz CT molecular complexity index is 3570. The SMILES string of the molecule is Cc1cnc(-c2cc(-c3ccccc3)cc(N(c3ccc4c(-c5ccccc5)c(-c5ccccc5)n(-c5cc(C(C)(C)C)ccn5)c4c3)c3ccccc3-c3ccccc3)c2)cc1-c1ccccc1. The molecule has 3 heterocycles. The third-order valence-corrected chi connectivity index (χ3v) is 13.2. The second-order valence-corrected chi connectivity index (χ2v) is 18.7. The van der Waals surface area contributed by atoms with Gasteiger partial charge in [-0.2, -0.15) is 0 Å². The van der Waals surface area contributed by atoms with Crippen LogP contribution in [0.15, 0.2) is 243 Å². The molecule has 0 amide bonds. The summed E-state index contributed by atoms with van der Waals surface area (Å²) in [5.41, 5.74) is 19.6. The van der Waals surface area contributed by atoms with Gasteiger partial charge >= 0.3 is 0 Å². The Labute approximate surface area is 405 Å². The van der Waals surface area contributed by atoms with E-state index in [9.17, 15) is 0 Å².